The van der Waals surface area contributed by atoms with Crippen LogP contribution in [0.3, 0.4) is 0 Å². The molecule has 1 heteroatoms. The van der Waals surface area contributed by atoms with Gasteiger partial charge in [0.1, 0.15) is 0 Å². The van der Waals surface area contributed by atoms with Gasteiger partial charge in [-0.1, -0.05) is 56.7 Å². The number of rotatable bonds is 6. The number of benzene rings is 1. The summed E-state index contributed by atoms with van der Waals surface area (Å²) < 4.78 is 0. The second-order valence-electron chi connectivity index (χ2n) is 4.42. The molecule has 0 aliphatic heterocycles. The van der Waals surface area contributed by atoms with Crippen molar-refractivity contribution >= 4 is 5.57 Å². The molecular weight excluding hydrogens is 194 g/mol. The first-order valence-corrected chi connectivity index (χ1v) is 6.17. The molecule has 0 bridgehead atoms. The SMILES string of the molecule is CCC(C)CNC/C=C(/C)c1ccccc1. The van der Waals surface area contributed by atoms with E-state index < -0.39 is 0 Å². The molecule has 88 valence electrons. The Bertz CT molecular complexity index is 313. The molecule has 1 aromatic carbocycles. The molecule has 0 aliphatic rings. The van der Waals surface area contributed by atoms with Crippen LogP contribution in [0.4, 0.5) is 0 Å². The Morgan fingerprint density at radius 1 is 1.31 bits per heavy atom. The number of hydrogen-bond donors (Lipinski definition) is 1. The van der Waals surface area contributed by atoms with E-state index in [2.05, 4.69) is 62.5 Å². The van der Waals surface area contributed by atoms with Gasteiger partial charge in [0.05, 0.1) is 0 Å². The van der Waals surface area contributed by atoms with Crippen LogP contribution in [0, 0.1) is 5.92 Å². The summed E-state index contributed by atoms with van der Waals surface area (Å²) in [6.07, 6.45) is 3.51. The van der Waals surface area contributed by atoms with E-state index in [1.165, 1.54) is 17.6 Å². The van der Waals surface area contributed by atoms with Crippen molar-refractivity contribution in [2.45, 2.75) is 27.2 Å². The molecule has 0 aromatic heterocycles. The highest BCUT2D eigenvalue weighted by Crippen LogP contribution is 2.11. The lowest BCUT2D eigenvalue weighted by Gasteiger charge is -2.08. The lowest BCUT2D eigenvalue weighted by Crippen LogP contribution is -2.20. The fraction of sp³-hybridized carbons (Fsp3) is 0.467. The maximum Gasteiger partial charge on any atom is 0.0140 e. The highest BCUT2D eigenvalue weighted by molar-refractivity contribution is 5.63. The minimum absolute atomic E-state index is 0.769. The quantitative estimate of drug-likeness (QED) is 0.716. The summed E-state index contributed by atoms with van der Waals surface area (Å²) in [5.41, 5.74) is 2.66. The Balaban J connectivity index is 2.35. The molecule has 1 aromatic rings. The predicted molar refractivity (Wildman–Crippen MR) is 72.4 cm³/mol. The normalized spacial score (nSPS) is 13.8. The number of allylic oxidation sites excluding steroid dienone is 1. The van der Waals surface area contributed by atoms with Crippen molar-refractivity contribution in [2.24, 2.45) is 5.92 Å². The van der Waals surface area contributed by atoms with E-state index >= 15 is 0 Å². The molecule has 0 radical (unpaired) electrons. The van der Waals surface area contributed by atoms with Gasteiger partial charge < -0.3 is 5.32 Å². The first-order chi connectivity index (χ1) is 7.74. The lowest BCUT2D eigenvalue weighted by molar-refractivity contribution is 0.516. The summed E-state index contributed by atoms with van der Waals surface area (Å²) in [6, 6.07) is 10.5. The van der Waals surface area contributed by atoms with Gasteiger partial charge in [-0.05, 0) is 30.5 Å². The second kappa shape index (κ2) is 7.24. The average molecular weight is 217 g/mol. The Labute approximate surface area is 99.6 Å². The molecule has 0 aliphatic carbocycles. The highest BCUT2D eigenvalue weighted by atomic mass is 14.8. The van der Waals surface area contributed by atoms with Gasteiger partial charge in [0, 0.05) is 6.54 Å². The van der Waals surface area contributed by atoms with Crippen LogP contribution in [0.2, 0.25) is 0 Å². The van der Waals surface area contributed by atoms with Crippen molar-refractivity contribution < 1.29 is 0 Å². The summed E-state index contributed by atoms with van der Waals surface area (Å²) in [5, 5.41) is 3.46. The van der Waals surface area contributed by atoms with Crippen LogP contribution >= 0.6 is 0 Å². The Kier molecular flexibility index (Phi) is 5.87. The van der Waals surface area contributed by atoms with Crippen molar-refractivity contribution in [2.75, 3.05) is 13.1 Å². The molecular formula is C15H23N. The predicted octanol–water partition coefficient (Wildman–Crippen LogP) is 3.73. The van der Waals surface area contributed by atoms with E-state index in [1.54, 1.807) is 0 Å². The van der Waals surface area contributed by atoms with Crippen LogP contribution in [-0.2, 0) is 0 Å². The summed E-state index contributed by atoms with van der Waals surface area (Å²) in [4.78, 5) is 0. The molecule has 1 nitrogen and oxygen atoms in total. The van der Waals surface area contributed by atoms with Crippen molar-refractivity contribution in [3.8, 4) is 0 Å². The minimum Gasteiger partial charge on any atom is -0.313 e. The van der Waals surface area contributed by atoms with Gasteiger partial charge in [0.2, 0.25) is 0 Å². The molecule has 0 heterocycles. The van der Waals surface area contributed by atoms with E-state index in [0.29, 0.717) is 0 Å². The van der Waals surface area contributed by atoms with E-state index in [1.807, 2.05) is 0 Å². The molecule has 0 fully saturated rings. The first-order valence-electron chi connectivity index (χ1n) is 6.17. The minimum atomic E-state index is 0.769. The van der Waals surface area contributed by atoms with E-state index in [9.17, 15) is 0 Å². The van der Waals surface area contributed by atoms with E-state index in [0.717, 1.165) is 19.0 Å². The van der Waals surface area contributed by atoms with Gasteiger partial charge in [-0.3, -0.25) is 0 Å². The lowest BCUT2D eigenvalue weighted by atomic mass is 10.1. The van der Waals surface area contributed by atoms with Gasteiger partial charge in [-0.15, -0.1) is 0 Å². The van der Waals surface area contributed by atoms with Crippen molar-refractivity contribution in [1.82, 2.24) is 5.32 Å². The Morgan fingerprint density at radius 3 is 2.62 bits per heavy atom. The van der Waals surface area contributed by atoms with E-state index in [4.69, 9.17) is 0 Å². The van der Waals surface area contributed by atoms with Crippen LogP contribution in [0.5, 0.6) is 0 Å². The Morgan fingerprint density at radius 2 is 2.00 bits per heavy atom. The van der Waals surface area contributed by atoms with Crippen LogP contribution in [0.15, 0.2) is 36.4 Å². The molecule has 1 N–H and O–H groups in total. The molecule has 1 atom stereocenters. The molecule has 16 heavy (non-hydrogen) atoms. The number of hydrogen-bond acceptors (Lipinski definition) is 1. The summed E-state index contributed by atoms with van der Waals surface area (Å²) in [5.74, 6) is 0.769. The zero-order chi connectivity index (χ0) is 11.8. The topological polar surface area (TPSA) is 12.0 Å². The third-order valence-electron chi connectivity index (χ3n) is 2.97. The third kappa shape index (κ3) is 4.63. The monoisotopic (exact) mass is 217 g/mol. The maximum absolute atomic E-state index is 3.46. The van der Waals surface area contributed by atoms with Gasteiger partial charge in [-0.2, -0.15) is 0 Å². The smallest absolute Gasteiger partial charge is 0.0140 e. The molecule has 0 spiro atoms. The number of nitrogens with one attached hydrogen (secondary N) is 1. The fourth-order valence-corrected chi connectivity index (χ4v) is 1.52. The summed E-state index contributed by atoms with van der Waals surface area (Å²) in [6.45, 7) is 8.75. The van der Waals surface area contributed by atoms with Crippen molar-refractivity contribution in [1.29, 1.82) is 0 Å². The largest absolute Gasteiger partial charge is 0.313 e. The zero-order valence-corrected chi connectivity index (χ0v) is 10.7. The van der Waals surface area contributed by atoms with Crippen LogP contribution in [0.25, 0.3) is 5.57 Å². The van der Waals surface area contributed by atoms with Crippen molar-refractivity contribution in [3.63, 3.8) is 0 Å². The van der Waals surface area contributed by atoms with Gasteiger partial charge in [-0.25, -0.2) is 0 Å². The van der Waals surface area contributed by atoms with Crippen LogP contribution in [0.1, 0.15) is 32.8 Å². The first kappa shape index (κ1) is 13.0. The summed E-state index contributed by atoms with van der Waals surface area (Å²) >= 11 is 0. The zero-order valence-electron chi connectivity index (χ0n) is 10.7. The van der Waals surface area contributed by atoms with Gasteiger partial charge in [0.25, 0.3) is 0 Å². The van der Waals surface area contributed by atoms with Gasteiger partial charge in [0.15, 0.2) is 0 Å². The van der Waals surface area contributed by atoms with Gasteiger partial charge >= 0.3 is 0 Å². The average Bonchev–Trinajstić information content (AvgIpc) is 2.35. The van der Waals surface area contributed by atoms with Crippen molar-refractivity contribution in [3.05, 3.63) is 42.0 Å². The molecule has 0 saturated carbocycles. The van der Waals surface area contributed by atoms with Crippen LogP contribution in [-0.4, -0.2) is 13.1 Å². The maximum atomic E-state index is 3.46. The second-order valence-corrected chi connectivity index (χ2v) is 4.42. The molecule has 1 rings (SSSR count). The standard InChI is InChI=1S/C15H23N/c1-4-13(2)12-16-11-10-14(3)15-8-6-5-7-9-15/h5-10,13,16H,4,11-12H2,1-3H3/b14-10-. The third-order valence-corrected chi connectivity index (χ3v) is 2.97. The Hall–Kier alpha value is -1.08. The molecule has 0 saturated heterocycles. The molecule has 1 unspecified atom stereocenters. The van der Waals surface area contributed by atoms with Crippen LogP contribution < -0.4 is 5.32 Å². The van der Waals surface area contributed by atoms with E-state index in [-0.39, 0.29) is 0 Å². The highest BCUT2D eigenvalue weighted by Gasteiger charge is 1.96. The fourth-order valence-electron chi connectivity index (χ4n) is 1.52. The molecule has 0 amide bonds. The summed E-state index contributed by atoms with van der Waals surface area (Å²) in [7, 11) is 0.